The molecule has 0 aliphatic heterocycles. The van der Waals surface area contributed by atoms with E-state index in [2.05, 4.69) is 10.6 Å². The average Bonchev–Trinajstić information content (AvgIpc) is 3.41. The Balaban J connectivity index is 1.72. The molecule has 5 heteroatoms. The molecule has 2 N–H and O–H groups in total. The largest absolute Gasteiger partial charge is 0.325 e. The number of nitrogens with zero attached hydrogens (tertiary/aromatic N) is 1. The first-order valence-electron chi connectivity index (χ1n) is 8.15. The predicted octanol–water partition coefficient (Wildman–Crippen LogP) is 3.53. The quantitative estimate of drug-likeness (QED) is 0.840. The van der Waals surface area contributed by atoms with E-state index in [1.807, 2.05) is 38.1 Å². The van der Waals surface area contributed by atoms with Gasteiger partial charge >= 0.3 is 0 Å². The van der Waals surface area contributed by atoms with Gasteiger partial charge in [0.15, 0.2) is 0 Å². The zero-order valence-corrected chi connectivity index (χ0v) is 14.2. The fourth-order valence-corrected chi connectivity index (χ4v) is 2.67. The lowest BCUT2D eigenvalue weighted by Crippen LogP contribution is -2.35. The zero-order valence-electron chi connectivity index (χ0n) is 14.2. The Morgan fingerprint density at radius 3 is 2.24 bits per heavy atom. The van der Waals surface area contributed by atoms with E-state index in [1.54, 1.807) is 24.3 Å². The lowest BCUT2D eigenvalue weighted by atomic mass is 10.0. The number of anilines is 2. The van der Waals surface area contributed by atoms with Crippen LogP contribution in [0.5, 0.6) is 0 Å². The lowest BCUT2D eigenvalue weighted by molar-refractivity contribution is -0.131. The van der Waals surface area contributed by atoms with Gasteiger partial charge < -0.3 is 10.6 Å². The molecule has 0 unspecified atom stereocenters. The third kappa shape index (κ3) is 3.38. The SMILES string of the molecule is Cc1ccc(C)c(NC(=O)C2(C(=O)Nc3ccc(C#N)cc3)CC2)c1. The highest BCUT2D eigenvalue weighted by atomic mass is 16.2. The van der Waals surface area contributed by atoms with Gasteiger partial charge in [-0.1, -0.05) is 12.1 Å². The second-order valence-corrected chi connectivity index (χ2v) is 6.50. The molecule has 0 heterocycles. The molecule has 0 aromatic heterocycles. The monoisotopic (exact) mass is 333 g/mol. The van der Waals surface area contributed by atoms with Crippen LogP contribution in [0.15, 0.2) is 42.5 Å². The molecule has 1 saturated carbocycles. The molecule has 2 amide bonds. The number of hydrogen-bond donors (Lipinski definition) is 2. The van der Waals surface area contributed by atoms with E-state index < -0.39 is 5.41 Å². The fraction of sp³-hybridized carbons (Fsp3) is 0.250. The Bertz CT molecular complexity index is 875. The van der Waals surface area contributed by atoms with Crippen molar-refractivity contribution in [1.29, 1.82) is 5.26 Å². The van der Waals surface area contributed by atoms with Gasteiger partial charge in [0.1, 0.15) is 5.41 Å². The summed E-state index contributed by atoms with van der Waals surface area (Å²) in [5.74, 6) is -0.577. The normalized spacial score (nSPS) is 14.3. The number of hydrogen-bond acceptors (Lipinski definition) is 3. The number of benzene rings is 2. The molecule has 1 fully saturated rings. The smallest absolute Gasteiger partial charge is 0.240 e. The fourth-order valence-electron chi connectivity index (χ4n) is 2.67. The summed E-state index contributed by atoms with van der Waals surface area (Å²) < 4.78 is 0. The van der Waals surface area contributed by atoms with Crippen LogP contribution in [-0.2, 0) is 9.59 Å². The van der Waals surface area contributed by atoms with Gasteiger partial charge in [0, 0.05) is 11.4 Å². The minimum absolute atomic E-state index is 0.271. The van der Waals surface area contributed by atoms with Crippen LogP contribution in [0.4, 0.5) is 11.4 Å². The Morgan fingerprint density at radius 2 is 1.64 bits per heavy atom. The van der Waals surface area contributed by atoms with Crippen LogP contribution in [0.25, 0.3) is 0 Å². The standard InChI is InChI=1S/C20H19N3O2/c1-13-3-4-14(2)17(11-13)23-19(25)20(9-10-20)18(24)22-16-7-5-15(12-21)6-8-16/h3-8,11H,9-10H2,1-2H3,(H,22,24)(H,23,25). The maximum Gasteiger partial charge on any atom is 0.240 e. The molecule has 126 valence electrons. The molecular formula is C20H19N3O2. The molecule has 0 bridgehead atoms. The Labute approximate surface area is 146 Å². The highest BCUT2D eigenvalue weighted by Gasteiger charge is 2.56. The van der Waals surface area contributed by atoms with Gasteiger partial charge in [-0.05, 0) is 68.1 Å². The van der Waals surface area contributed by atoms with Crippen molar-refractivity contribution in [2.75, 3.05) is 10.6 Å². The average molecular weight is 333 g/mol. The summed E-state index contributed by atoms with van der Waals surface area (Å²) in [5, 5.41) is 14.5. The van der Waals surface area contributed by atoms with Crippen molar-refractivity contribution < 1.29 is 9.59 Å². The number of carbonyl (C=O) groups excluding carboxylic acids is 2. The van der Waals surface area contributed by atoms with E-state index in [1.165, 1.54) is 0 Å². The predicted molar refractivity (Wildman–Crippen MR) is 96.0 cm³/mol. The zero-order chi connectivity index (χ0) is 18.0. The Hall–Kier alpha value is -3.13. The molecule has 3 rings (SSSR count). The van der Waals surface area contributed by atoms with Gasteiger partial charge in [0.05, 0.1) is 11.6 Å². The Morgan fingerprint density at radius 1 is 1.00 bits per heavy atom. The van der Waals surface area contributed by atoms with Crippen LogP contribution in [0.3, 0.4) is 0 Å². The maximum atomic E-state index is 12.7. The second-order valence-electron chi connectivity index (χ2n) is 6.50. The van der Waals surface area contributed by atoms with Gasteiger partial charge in [0.25, 0.3) is 0 Å². The first-order chi connectivity index (χ1) is 11.9. The summed E-state index contributed by atoms with van der Waals surface area (Å²) in [5.41, 5.74) is 2.84. The third-order valence-corrected chi connectivity index (χ3v) is 4.53. The highest BCUT2D eigenvalue weighted by molar-refractivity contribution is 6.17. The van der Waals surface area contributed by atoms with Crippen LogP contribution in [0, 0.1) is 30.6 Å². The lowest BCUT2D eigenvalue weighted by Gasteiger charge is -2.17. The topological polar surface area (TPSA) is 82.0 Å². The minimum Gasteiger partial charge on any atom is -0.325 e. The highest BCUT2D eigenvalue weighted by Crippen LogP contribution is 2.47. The summed E-state index contributed by atoms with van der Waals surface area (Å²) in [6.07, 6.45) is 1.07. The summed E-state index contributed by atoms with van der Waals surface area (Å²) in [4.78, 5) is 25.3. The number of aryl methyl sites for hydroxylation is 2. The van der Waals surface area contributed by atoms with Gasteiger partial charge in [0.2, 0.25) is 11.8 Å². The van der Waals surface area contributed by atoms with Crippen LogP contribution in [-0.4, -0.2) is 11.8 Å². The molecule has 5 nitrogen and oxygen atoms in total. The van der Waals surface area contributed by atoms with Gasteiger partial charge in [-0.25, -0.2) is 0 Å². The molecule has 0 spiro atoms. The first kappa shape index (κ1) is 16.7. The van der Waals surface area contributed by atoms with Crippen LogP contribution in [0.2, 0.25) is 0 Å². The molecule has 0 radical (unpaired) electrons. The summed E-state index contributed by atoms with van der Waals surface area (Å²) >= 11 is 0. The van der Waals surface area contributed by atoms with Gasteiger partial charge in [-0.15, -0.1) is 0 Å². The number of nitrogens with one attached hydrogen (secondary N) is 2. The number of carbonyl (C=O) groups is 2. The van der Waals surface area contributed by atoms with Crippen LogP contribution in [0.1, 0.15) is 29.5 Å². The molecule has 2 aromatic rings. The van der Waals surface area contributed by atoms with E-state index >= 15 is 0 Å². The first-order valence-corrected chi connectivity index (χ1v) is 8.15. The van der Waals surface area contributed by atoms with E-state index in [0.29, 0.717) is 24.1 Å². The van der Waals surface area contributed by atoms with Crippen LogP contribution >= 0.6 is 0 Å². The molecule has 0 saturated heterocycles. The summed E-state index contributed by atoms with van der Waals surface area (Å²) in [6.45, 7) is 3.88. The molecule has 1 aliphatic carbocycles. The van der Waals surface area contributed by atoms with Crippen molar-refractivity contribution in [2.45, 2.75) is 26.7 Å². The summed E-state index contributed by atoms with van der Waals surface area (Å²) in [6, 6.07) is 14.4. The van der Waals surface area contributed by atoms with E-state index in [9.17, 15) is 9.59 Å². The van der Waals surface area contributed by atoms with Crippen molar-refractivity contribution in [3.63, 3.8) is 0 Å². The van der Waals surface area contributed by atoms with Crippen molar-refractivity contribution in [1.82, 2.24) is 0 Å². The Kier molecular flexibility index (Phi) is 4.28. The molecule has 1 aliphatic rings. The molecular weight excluding hydrogens is 314 g/mol. The van der Waals surface area contributed by atoms with E-state index in [-0.39, 0.29) is 11.8 Å². The summed E-state index contributed by atoms with van der Waals surface area (Å²) in [7, 11) is 0. The van der Waals surface area contributed by atoms with E-state index in [0.717, 1.165) is 16.8 Å². The maximum absolute atomic E-state index is 12.7. The van der Waals surface area contributed by atoms with Crippen molar-refractivity contribution in [3.8, 4) is 6.07 Å². The van der Waals surface area contributed by atoms with Crippen molar-refractivity contribution >= 4 is 23.2 Å². The number of amides is 2. The van der Waals surface area contributed by atoms with Crippen molar-refractivity contribution in [2.24, 2.45) is 5.41 Å². The number of nitriles is 1. The number of rotatable bonds is 4. The van der Waals surface area contributed by atoms with Gasteiger partial charge in [-0.3, -0.25) is 9.59 Å². The van der Waals surface area contributed by atoms with Gasteiger partial charge in [-0.2, -0.15) is 5.26 Å². The molecule has 0 atom stereocenters. The van der Waals surface area contributed by atoms with Crippen LogP contribution < -0.4 is 10.6 Å². The molecule has 2 aromatic carbocycles. The third-order valence-electron chi connectivity index (χ3n) is 4.53. The van der Waals surface area contributed by atoms with E-state index in [4.69, 9.17) is 5.26 Å². The second kappa shape index (κ2) is 6.40. The molecule has 25 heavy (non-hydrogen) atoms. The van der Waals surface area contributed by atoms with Crippen molar-refractivity contribution in [3.05, 3.63) is 59.2 Å². The minimum atomic E-state index is -1.01.